The lowest BCUT2D eigenvalue weighted by Crippen LogP contribution is -2.29. The van der Waals surface area contributed by atoms with E-state index < -0.39 is 28.4 Å². The number of benzene rings is 3. The van der Waals surface area contributed by atoms with Crippen molar-refractivity contribution in [3.05, 3.63) is 99.6 Å². The van der Waals surface area contributed by atoms with E-state index in [1.807, 2.05) is 26.0 Å². The molecule has 184 valence electrons. The predicted octanol–water partition coefficient (Wildman–Crippen LogP) is 4.77. The normalized spacial score (nSPS) is 16.8. The van der Waals surface area contributed by atoms with Crippen LogP contribution in [-0.4, -0.2) is 39.9 Å². The van der Waals surface area contributed by atoms with Gasteiger partial charge >= 0.3 is 0 Å². The molecule has 0 aliphatic carbocycles. The van der Waals surface area contributed by atoms with Crippen LogP contribution in [0.1, 0.15) is 31.0 Å². The summed E-state index contributed by atoms with van der Waals surface area (Å²) in [5.74, 6) is -2.27. The number of aliphatic hydroxyl groups is 1. The van der Waals surface area contributed by atoms with E-state index in [4.69, 9.17) is 0 Å². The molecule has 0 spiro atoms. The smallest absolute Gasteiger partial charge is 0.300 e. The fraction of sp³-hybridized carbons (Fsp3) is 0.185. The number of anilines is 2. The molecular formula is C27H25N3O6. The molecule has 1 saturated heterocycles. The molecule has 9 heteroatoms. The summed E-state index contributed by atoms with van der Waals surface area (Å²) in [6.07, 6.45) is 0. The van der Waals surface area contributed by atoms with Crippen molar-refractivity contribution >= 4 is 34.5 Å². The average Bonchev–Trinajstić information content (AvgIpc) is 3.15. The van der Waals surface area contributed by atoms with Gasteiger partial charge in [-0.15, -0.1) is 0 Å². The SMILES string of the molecule is CCN(CC)c1ccc(N2C(=O)C(=O)/C(=C(\O)c3cccc([N+](=O)[O-])c3)C2c2ccc(O)cc2)cc1. The van der Waals surface area contributed by atoms with Crippen molar-refractivity contribution in [2.24, 2.45) is 0 Å². The second-order valence-electron chi connectivity index (χ2n) is 8.26. The Hall–Kier alpha value is -4.66. The van der Waals surface area contributed by atoms with Gasteiger partial charge in [-0.1, -0.05) is 24.3 Å². The molecule has 0 bridgehead atoms. The molecule has 1 atom stereocenters. The molecular weight excluding hydrogens is 462 g/mol. The minimum Gasteiger partial charge on any atom is -0.508 e. The average molecular weight is 488 g/mol. The summed E-state index contributed by atoms with van der Waals surface area (Å²) in [5.41, 5.74) is 1.47. The number of ketones is 1. The van der Waals surface area contributed by atoms with E-state index in [9.17, 15) is 29.9 Å². The highest BCUT2D eigenvalue weighted by Gasteiger charge is 2.47. The Morgan fingerprint density at radius 2 is 1.64 bits per heavy atom. The number of phenolic OH excluding ortho intramolecular Hbond substituents is 1. The molecule has 3 aromatic carbocycles. The van der Waals surface area contributed by atoms with Gasteiger partial charge in [0.15, 0.2) is 0 Å². The Labute approximate surface area is 207 Å². The Bertz CT molecular complexity index is 1340. The number of carbonyl (C=O) groups is 2. The van der Waals surface area contributed by atoms with Crippen molar-refractivity contribution in [1.82, 2.24) is 0 Å². The van der Waals surface area contributed by atoms with Crippen LogP contribution in [0.4, 0.5) is 17.1 Å². The molecule has 1 aliphatic rings. The zero-order chi connectivity index (χ0) is 26.0. The van der Waals surface area contributed by atoms with Crippen molar-refractivity contribution < 1.29 is 24.7 Å². The first-order valence-corrected chi connectivity index (χ1v) is 11.5. The molecule has 2 N–H and O–H groups in total. The van der Waals surface area contributed by atoms with E-state index in [1.165, 1.54) is 35.2 Å². The maximum absolute atomic E-state index is 13.3. The van der Waals surface area contributed by atoms with Gasteiger partial charge in [-0.2, -0.15) is 0 Å². The maximum atomic E-state index is 13.3. The second-order valence-corrected chi connectivity index (χ2v) is 8.26. The van der Waals surface area contributed by atoms with E-state index >= 15 is 0 Å². The Balaban J connectivity index is 1.88. The summed E-state index contributed by atoms with van der Waals surface area (Å²) in [5, 5.41) is 32.2. The fourth-order valence-electron chi connectivity index (χ4n) is 4.41. The number of hydrogen-bond acceptors (Lipinski definition) is 7. The number of rotatable bonds is 7. The number of amides is 1. The number of aliphatic hydroxyl groups excluding tert-OH is 1. The Morgan fingerprint density at radius 1 is 1.00 bits per heavy atom. The Kier molecular flexibility index (Phi) is 6.73. The summed E-state index contributed by atoms with van der Waals surface area (Å²) in [6.45, 7) is 5.68. The number of aromatic hydroxyl groups is 1. The van der Waals surface area contributed by atoms with Gasteiger partial charge in [0.25, 0.3) is 17.4 Å². The van der Waals surface area contributed by atoms with Gasteiger partial charge in [0.1, 0.15) is 11.5 Å². The predicted molar refractivity (Wildman–Crippen MR) is 136 cm³/mol. The molecule has 3 aromatic rings. The second kappa shape index (κ2) is 9.91. The Morgan fingerprint density at radius 3 is 2.22 bits per heavy atom. The summed E-state index contributed by atoms with van der Waals surface area (Å²) in [7, 11) is 0. The summed E-state index contributed by atoms with van der Waals surface area (Å²) < 4.78 is 0. The number of phenols is 1. The number of non-ortho nitro benzene ring substituents is 1. The van der Waals surface area contributed by atoms with E-state index in [-0.39, 0.29) is 22.6 Å². The van der Waals surface area contributed by atoms with Crippen LogP contribution < -0.4 is 9.80 Å². The van der Waals surface area contributed by atoms with Crippen LogP contribution in [-0.2, 0) is 9.59 Å². The van der Waals surface area contributed by atoms with Crippen LogP contribution in [0.15, 0.2) is 78.4 Å². The van der Waals surface area contributed by atoms with Gasteiger partial charge in [-0.3, -0.25) is 24.6 Å². The standard InChI is InChI=1S/C27H25N3O6/c1-3-28(4-2)19-10-12-20(13-11-19)29-24(17-8-14-22(31)15-9-17)23(26(33)27(29)34)25(32)18-6-5-7-21(16-18)30(35)36/h5-16,24,31-32H,3-4H2,1-2H3/b25-23-. The third-order valence-electron chi connectivity index (χ3n) is 6.24. The van der Waals surface area contributed by atoms with Gasteiger partial charge in [-0.25, -0.2) is 0 Å². The van der Waals surface area contributed by atoms with Crippen LogP contribution in [0.25, 0.3) is 5.76 Å². The first kappa shape index (κ1) is 24.5. The third kappa shape index (κ3) is 4.38. The van der Waals surface area contributed by atoms with Crippen molar-refractivity contribution in [3.8, 4) is 5.75 Å². The number of hydrogen-bond donors (Lipinski definition) is 2. The van der Waals surface area contributed by atoms with Gasteiger partial charge in [0.2, 0.25) is 0 Å². The minimum atomic E-state index is -1.01. The van der Waals surface area contributed by atoms with Crippen molar-refractivity contribution in [1.29, 1.82) is 0 Å². The third-order valence-corrected chi connectivity index (χ3v) is 6.24. The van der Waals surface area contributed by atoms with Crippen LogP contribution >= 0.6 is 0 Å². The number of carbonyl (C=O) groups excluding carboxylic acids is 2. The van der Waals surface area contributed by atoms with Crippen molar-refractivity contribution in [2.45, 2.75) is 19.9 Å². The monoisotopic (exact) mass is 487 g/mol. The molecule has 1 fully saturated rings. The number of nitrogens with zero attached hydrogens (tertiary/aromatic N) is 3. The summed E-state index contributed by atoms with van der Waals surface area (Å²) >= 11 is 0. The van der Waals surface area contributed by atoms with E-state index in [2.05, 4.69) is 4.90 Å². The highest BCUT2D eigenvalue weighted by atomic mass is 16.6. The van der Waals surface area contributed by atoms with Crippen LogP contribution in [0.3, 0.4) is 0 Å². The molecule has 0 radical (unpaired) electrons. The summed E-state index contributed by atoms with van der Waals surface area (Å²) in [4.78, 5) is 40.6. The maximum Gasteiger partial charge on any atom is 0.300 e. The van der Waals surface area contributed by atoms with Crippen LogP contribution in [0.2, 0.25) is 0 Å². The zero-order valence-corrected chi connectivity index (χ0v) is 19.8. The lowest BCUT2D eigenvalue weighted by Gasteiger charge is -2.27. The van der Waals surface area contributed by atoms with Crippen LogP contribution in [0.5, 0.6) is 5.75 Å². The number of nitro groups is 1. The molecule has 1 amide bonds. The first-order chi connectivity index (χ1) is 17.3. The van der Waals surface area contributed by atoms with Gasteiger partial charge in [-0.05, 0) is 55.8 Å². The van der Waals surface area contributed by atoms with E-state index in [0.717, 1.165) is 24.8 Å². The molecule has 1 heterocycles. The topological polar surface area (TPSA) is 124 Å². The number of nitro benzene ring substituents is 1. The molecule has 4 rings (SSSR count). The quantitative estimate of drug-likeness (QED) is 0.162. The van der Waals surface area contributed by atoms with E-state index in [0.29, 0.717) is 11.3 Å². The summed E-state index contributed by atoms with van der Waals surface area (Å²) in [6, 6.07) is 17.4. The largest absolute Gasteiger partial charge is 0.508 e. The van der Waals surface area contributed by atoms with Crippen LogP contribution in [0, 0.1) is 10.1 Å². The highest BCUT2D eigenvalue weighted by Crippen LogP contribution is 2.43. The zero-order valence-electron chi connectivity index (χ0n) is 19.8. The first-order valence-electron chi connectivity index (χ1n) is 11.5. The van der Waals surface area contributed by atoms with Gasteiger partial charge in [0, 0.05) is 42.2 Å². The molecule has 1 aliphatic heterocycles. The number of Topliss-reactive ketones (excluding diaryl/α,β-unsaturated/α-hetero) is 1. The van der Waals surface area contributed by atoms with Crippen molar-refractivity contribution in [3.63, 3.8) is 0 Å². The van der Waals surface area contributed by atoms with Gasteiger partial charge < -0.3 is 15.1 Å². The molecule has 1 unspecified atom stereocenters. The van der Waals surface area contributed by atoms with Crippen molar-refractivity contribution in [2.75, 3.05) is 22.9 Å². The lowest BCUT2D eigenvalue weighted by atomic mass is 9.95. The lowest BCUT2D eigenvalue weighted by molar-refractivity contribution is -0.384. The van der Waals surface area contributed by atoms with Gasteiger partial charge in [0.05, 0.1) is 16.5 Å². The molecule has 0 saturated carbocycles. The fourth-order valence-corrected chi connectivity index (χ4v) is 4.41. The molecule has 0 aromatic heterocycles. The highest BCUT2D eigenvalue weighted by molar-refractivity contribution is 6.51. The molecule has 9 nitrogen and oxygen atoms in total. The van der Waals surface area contributed by atoms with E-state index in [1.54, 1.807) is 24.3 Å². The minimum absolute atomic E-state index is 0.00189. The molecule has 36 heavy (non-hydrogen) atoms.